The van der Waals surface area contributed by atoms with Crippen LogP contribution in [0.4, 0.5) is 0 Å². The molecular formula is C38H80BrClN2O4. The van der Waals surface area contributed by atoms with Crippen LogP contribution in [0.5, 0.6) is 0 Å². The standard InChI is InChI=1S/2C19H39NO2.BrH.ClH/c2*1-6-8-9-10-11-12-13-14-15-17-19(16-7-2,20(4)5)22-18(3)21;;/h2*6-17H2,1-5H3;2*1H. The highest BCUT2D eigenvalue weighted by molar-refractivity contribution is 5.66. The van der Waals surface area contributed by atoms with Crippen molar-refractivity contribution in [2.24, 2.45) is 0 Å². The van der Waals surface area contributed by atoms with Gasteiger partial charge in [-0.3, -0.25) is 9.59 Å². The second kappa shape index (κ2) is 34.5. The summed E-state index contributed by atoms with van der Waals surface area (Å²) in [5, 5.41) is 0. The van der Waals surface area contributed by atoms with Gasteiger partial charge in [-0.1, -0.05) is 130 Å². The minimum atomic E-state index is -0.318. The lowest BCUT2D eigenvalue weighted by atomic mass is 9.97. The van der Waals surface area contributed by atoms with Crippen molar-refractivity contribution in [3.63, 3.8) is 0 Å². The van der Waals surface area contributed by atoms with E-state index in [2.05, 4.69) is 55.9 Å². The Hall–Kier alpha value is -0.370. The molecule has 2 N–H and O–H groups in total. The van der Waals surface area contributed by atoms with Gasteiger partial charge in [0.2, 0.25) is 11.4 Å². The van der Waals surface area contributed by atoms with Crippen molar-refractivity contribution >= 4 is 11.9 Å². The van der Waals surface area contributed by atoms with E-state index >= 15 is 0 Å². The molecule has 0 heterocycles. The van der Waals surface area contributed by atoms with E-state index < -0.39 is 0 Å². The van der Waals surface area contributed by atoms with Gasteiger partial charge in [0.25, 0.3) is 0 Å². The zero-order chi connectivity index (χ0) is 33.7. The van der Waals surface area contributed by atoms with Crippen LogP contribution >= 0.6 is 0 Å². The van der Waals surface area contributed by atoms with Crippen molar-refractivity contribution in [1.29, 1.82) is 0 Å². The van der Waals surface area contributed by atoms with Crippen molar-refractivity contribution < 1.29 is 58.3 Å². The van der Waals surface area contributed by atoms with Gasteiger partial charge in [0.15, 0.2) is 0 Å². The third-order valence-corrected chi connectivity index (χ3v) is 9.18. The maximum absolute atomic E-state index is 11.5. The summed E-state index contributed by atoms with van der Waals surface area (Å²) in [6.45, 7) is 11.9. The molecule has 0 radical (unpaired) electrons. The highest BCUT2D eigenvalue weighted by atomic mass is 79.9. The van der Waals surface area contributed by atoms with E-state index in [1.807, 2.05) is 0 Å². The summed E-state index contributed by atoms with van der Waals surface area (Å²) in [6, 6.07) is 0. The smallest absolute Gasteiger partial charge is 0.307 e. The lowest BCUT2D eigenvalue weighted by Gasteiger charge is -2.35. The predicted molar refractivity (Wildman–Crippen MR) is 188 cm³/mol. The molecule has 0 aliphatic rings. The van der Waals surface area contributed by atoms with Crippen molar-refractivity contribution in [2.75, 3.05) is 28.2 Å². The third kappa shape index (κ3) is 27.6. The molecule has 0 fully saturated rings. The average molecular weight is 744 g/mol. The molecule has 6 nitrogen and oxygen atoms in total. The van der Waals surface area contributed by atoms with E-state index in [0.29, 0.717) is 0 Å². The maximum atomic E-state index is 11.5. The quantitative estimate of drug-likeness (QED) is 0.0734. The van der Waals surface area contributed by atoms with Crippen molar-refractivity contribution in [3.8, 4) is 0 Å². The molecule has 0 aromatic carbocycles. The summed E-state index contributed by atoms with van der Waals surface area (Å²) in [5.41, 5.74) is -0.635. The van der Waals surface area contributed by atoms with E-state index in [-0.39, 0.29) is 52.8 Å². The Morgan fingerprint density at radius 2 is 0.674 bits per heavy atom. The van der Waals surface area contributed by atoms with E-state index in [1.165, 1.54) is 126 Å². The fourth-order valence-electron chi connectivity index (χ4n) is 6.46. The molecule has 280 valence electrons. The second-order valence-corrected chi connectivity index (χ2v) is 13.8. The van der Waals surface area contributed by atoms with E-state index in [0.717, 1.165) is 51.4 Å². The zero-order valence-corrected chi connectivity index (χ0v) is 34.7. The van der Waals surface area contributed by atoms with E-state index in [9.17, 15) is 9.59 Å². The molecule has 2 atom stereocenters. The maximum Gasteiger partial charge on any atom is 0.307 e. The van der Waals surface area contributed by atoms with Crippen LogP contribution in [0.15, 0.2) is 0 Å². The largest absolute Gasteiger partial charge is 1.00 e. The first-order chi connectivity index (χ1) is 21.0. The molecule has 46 heavy (non-hydrogen) atoms. The number of carbonyl (C=O) groups excluding carboxylic acids is 2. The number of carbonyl (C=O) groups is 2. The van der Waals surface area contributed by atoms with Crippen LogP contribution in [0.2, 0.25) is 0 Å². The topological polar surface area (TPSA) is 61.5 Å². The molecule has 0 spiro atoms. The third-order valence-electron chi connectivity index (χ3n) is 9.18. The molecule has 0 aromatic heterocycles. The number of hydrogen-bond donors (Lipinski definition) is 2. The molecule has 0 bridgehead atoms. The summed E-state index contributed by atoms with van der Waals surface area (Å²) in [7, 11) is 8.41. The molecule has 0 saturated carbocycles. The minimum Gasteiger partial charge on any atom is -1.00 e. The number of esters is 2. The van der Waals surface area contributed by atoms with Gasteiger partial charge < -0.3 is 48.7 Å². The summed E-state index contributed by atoms with van der Waals surface area (Å²) in [5.74, 6) is -0.295. The van der Waals surface area contributed by atoms with Crippen LogP contribution < -0.4 is 39.2 Å². The van der Waals surface area contributed by atoms with Crippen LogP contribution in [0.3, 0.4) is 0 Å². The van der Waals surface area contributed by atoms with Crippen LogP contribution in [0, 0.1) is 0 Å². The monoisotopic (exact) mass is 742 g/mol. The Balaban J connectivity index is -0.000000367. The number of rotatable bonds is 28. The van der Waals surface area contributed by atoms with Gasteiger partial charge in [0.1, 0.15) is 0 Å². The van der Waals surface area contributed by atoms with Crippen LogP contribution in [0.1, 0.15) is 196 Å². The lowest BCUT2D eigenvalue weighted by Crippen LogP contribution is -3.15. The predicted octanol–water partition coefficient (Wildman–Crippen LogP) is 2.23. The summed E-state index contributed by atoms with van der Waals surface area (Å²) in [4.78, 5) is 25.4. The van der Waals surface area contributed by atoms with Gasteiger partial charge in [-0.25, -0.2) is 0 Å². The summed E-state index contributed by atoms with van der Waals surface area (Å²) in [6.07, 6.45) is 29.9. The molecule has 2 unspecified atom stereocenters. The molecule has 0 aliphatic carbocycles. The molecule has 8 heteroatoms. The number of halogens is 2. The lowest BCUT2D eigenvalue weighted by molar-refractivity contribution is -0.942. The number of unbranched alkanes of at least 4 members (excludes halogenated alkanes) is 16. The van der Waals surface area contributed by atoms with E-state index in [1.54, 1.807) is 0 Å². The first-order valence-corrected chi connectivity index (χ1v) is 19.0. The van der Waals surface area contributed by atoms with Gasteiger partial charge in [0, 0.05) is 39.5 Å². The fourth-order valence-corrected chi connectivity index (χ4v) is 6.46. The average Bonchev–Trinajstić information content (AvgIpc) is 2.95. The molecule has 0 amide bonds. The SMILES string of the molecule is CCCCCCCCCCCC(CCC)(OC(C)=O)[NH+](C)C.CCCCCCCCCCCC(CCC)(OC(C)=O)[NH+](C)C.[Br-].[Cl-]. The van der Waals surface area contributed by atoms with Crippen LogP contribution in [0.25, 0.3) is 0 Å². The Labute approximate surface area is 304 Å². The van der Waals surface area contributed by atoms with E-state index in [4.69, 9.17) is 9.47 Å². The fraction of sp³-hybridized carbons (Fsp3) is 0.947. The Morgan fingerprint density at radius 3 is 0.870 bits per heavy atom. The first-order valence-electron chi connectivity index (χ1n) is 19.0. The molecule has 0 aromatic rings. The van der Waals surface area contributed by atoms with Gasteiger partial charge in [-0.15, -0.1) is 0 Å². The second-order valence-electron chi connectivity index (χ2n) is 13.8. The normalized spacial score (nSPS) is 13.5. The number of hydrogen-bond acceptors (Lipinski definition) is 4. The minimum absolute atomic E-state index is 0. The Morgan fingerprint density at radius 1 is 0.435 bits per heavy atom. The molecule has 0 saturated heterocycles. The van der Waals surface area contributed by atoms with Crippen molar-refractivity contribution in [1.82, 2.24) is 0 Å². The highest BCUT2D eigenvalue weighted by Crippen LogP contribution is 2.22. The Bertz CT molecular complexity index is 627. The number of ether oxygens (including phenoxy) is 2. The number of quaternary nitrogens is 2. The molecular weight excluding hydrogens is 664 g/mol. The highest BCUT2D eigenvalue weighted by Gasteiger charge is 2.39. The van der Waals surface area contributed by atoms with Gasteiger partial charge in [-0.2, -0.15) is 0 Å². The van der Waals surface area contributed by atoms with Crippen molar-refractivity contribution in [2.45, 2.75) is 207 Å². The van der Waals surface area contributed by atoms with Crippen LogP contribution in [-0.4, -0.2) is 51.6 Å². The van der Waals surface area contributed by atoms with Gasteiger partial charge >= 0.3 is 11.9 Å². The summed E-state index contributed by atoms with van der Waals surface area (Å²) >= 11 is 0. The van der Waals surface area contributed by atoms with Crippen LogP contribution in [-0.2, 0) is 19.1 Å². The van der Waals surface area contributed by atoms with Crippen molar-refractivity contribution in [3.05, 3.63) is 0 Å². The van der Waals surface area contributed by atoms with Gasteiger partial charge in [-0.05, 0) is 25.7 Å². The zero-order valence-electron chi connectivity index (χ0n) is 32.4. The number of nitrogens with one attached hydrogen (secondary N) is 2. The molecule has 0 rings (SSSR count). The summed E-state index contributed by atoms with van der Waals surface area (Å²) < 4.78 is 11.5. The first kappa shape index (κ1) is 52.4. The van der Waals surface area contributed by atoms with Gasteiger partial charge in [0.05, 0.1) is 28.2 Å². The molecule has 0 aliphatic heterocycles. The Kier molecular flexibility index (Phi) is 39.3.